The van der Waals surface area contributed by atoms with Gasteiger partial charge in [-0.3, -0.25) is 4.79 Å². The van der Waals surface area contributed by atoms with E-state index in [9.17, 15) is 9.59 Å². The number of aromatic nitrogens is 2. The summed E-state index contributed by atoms with van der Waals surface area (Å²) in [5, 5.41) is 11.5. The third-order valence-electron chi connectivity index (χ3n) is 2.21. The van der Waals surface area contributed by atoms with Gasteiger partial charge >= 0.3 is 5.97 Å². The summed E-state index contributed by atoms with van der Waals surface area (Å²) in [4.78, 5) is 22.7. The van der Waals surface area contributed by atoms with Crippen molar-refractivity contribution >= 4 is 23.6 Å². The van der Waals surface area contributed by atoms with E-state index in [4.69, 9.17) is 5.11 Å². The summed E-state index contributed by atoms with van der Waals surface area (Å²) in [6.45, 7) is 3.34. The molecule has 0 aliphatic rings. The van der Waals surface area contributed by atoms with Crippen molar-refractivity contribution in [1.29, 1.82) is 0 Å². The van der Waals surface area contributed by atoms with Crippen molar-refractivity contribution in [1.82, 2.24) is 14.1 Å². The van der Waals surface area contributed by atoms with Crippen LogP contribution < -0.4 is 5.32 Å². The lowest BCUT2D eigenvalue weighted by atomic mass is 9.96. The van der Waals surface area contributed by atoms with E-state index in [2.05, 4.69) is 14.1 Å². The molecular weight excluding hydrogens is 230 g/mol. The molecule has 0 aliphatic carbocycles. The lowest BCUT2D eigenvalue weighted by Crippen LogP contribution is -2.52. The number of carbonyl (C=O) groups is 2. The van der Waals surface area contributed by atoms with Crippen LogP contribution in [0.3, 0.4) is 0 Å². The Hall–Kier alpha value is -1.50. The Balaban J connectivity index is 2.77. The Kier molecular flexibility index (Phi) is 3.94. The van der Waals surface area contributed by atoms with Crippen molar-refractivity contribution < 1.29 is 14.7 Å². The van der Waals surface area contributed by atoms with Crippen LogP contribution in [0.1, 0.15) is 37.2 Å². The molecule has 0 spiro atoms. The van der Waals surface area contributed by atoms with Gasteiger partial charge < -0.3 is 10.4 Å². The molecule has 0 bridgehead atoms. The molecule has 1 aromatic heterocycles. The SMILES string of the molecule is CCCC(C)(NC(=O)c1cnsn1)C(=O)O. The van der Waals surface area contributed by atoms with E-state index >= 15 is 0 Å². The molecule has 6 nitrogen and oxygen atoms in total. The van der Waals surface area contributed by atoms with Crippen LogP contribution in [0, 0.1) is 0 Å². The van der Waals surface area contributed by atoms with Gasteiger partial charge in [0.1, 0.15) is 5.54 Å². The van der Waals surface area contributed by atoms with Crippen LogP contribution in [0.25, 0.3) is 0 Å². The lowest BCUT2D eigenvalue weighted by Gasteiger charge is -2.25. The number of amides is 1. The van der Waals surface area contributed by atoms with Crippen molar-refractivity contribution in [2.24, 2.45) is 0 Å². The Morgan fingerprint density at radius 1 is 1.62 bits per heavy atom. The van der Waals surface area contributed by atoms with Crippen molar-refractivity contribution in [2.75, 3.05) is 0 Å². The normalized spacial score (nSPS) is 14.1. The Morgan fingerprint density at radius 2 is 2.31 bits per heavy atom. The minimum absolute atomic E-state index is 0.147. The molecule has 1 unspecified atom stereocenters. The Labute approximate surface area is 97.0 Å². The van der Waals surface area contributed by atoms with Gasteiger partial charge in [-0.25, -0.2) is 4.79 Å². The topological polar surface area (TPSA) is 92.2 Å². The van der Waals surface area contributed by atoms with E-state index < -0.39 is 17.4 Å². The fourth-order valence-corrected chi connectivity index (χ4v) is 1.71. The Morgan fingerprint density at radius 3 is 2.75 bits per heavy atom. The molecule has 2 N–H and O–H groups in total. The molecule has 0 aromatic carbocycles. The maximum absolute atomic E-state index is 11.6. The van der Waals surface area contributed by atoms with Crippen molar-refractivity contribution in [3.63, 3.8) is 0 Å². The van der Waals surface area contributed by atoms with Crippen LogP contribution in [0.5, 0.6) is 0 Å². The summed E-state index contributed by atoms with van der Waals surface area (Å²) >= 11 is 0.907. The summed E-state index contributed by atoms with van der Waals surface area (Å²) in [5.41, 5.74) is -1.11. The highest BCUT2D eigenvalue weighted by molar-refractivity contribution is 6.99. The van der Waals surface area contributed by atoms with Gasteiger partial charge in [-0.15, -0.1) is 0 Å². The molecule has 0 saturated carbocycles. The van der Waals surface area contributed by atoms with Gasteiger partial charge in [0.15, 0.2) is 5.69 Å². The maximum Gasteiger partial charge on any atom is 0.329 e. The summed E-state index contributed by atoms with van der Waals surface area (Å²) in [6, 6.07) is 0. The highest BCUT2D eigenvalue weighted by Crippen LogP contribution is 2.13. The van der Waals surface area contributed by atoms with E-state index in [1.807, 2.05) is 6.92 Å². The number of carboxylic acids is 1. The molecule has 1 aromatic rings. The third-order valence-corrected chi connectivity index (χ3v) is 2.68. The van der Waals surface area contributed by atoms with Gasteiger partial charge in [-0.05, 0) is 13.3 Å². The first kappa shape index (κ1) is 12.6. The van der Waals surface area contributed by atoms with Crippen LogP contribution in [0.2, 0.25) is 0 Å². The van der Waals surface area contributed by atoms with E-state index in [0.29, 0.717) is 12.8 Å². The van der Waals surface area contributed by atoms with Crippen LogP contribution in [0.4, 0.5) is 0 Å². The first-order chi connectivity index (χ1) is 7.49. The second-order valence-corrected chi connectivity index (χ2v) is 4.19. The van der Waals surface area contributed by atoms with E-state index in [-0.39, 0.29) is 5.69 Å². The first-order valence-electron chi connectivity index (χ1n) is 4.83. The smallest absolute Gasteiger partial charge is 0.329 e. The highest BCUT2D eigenvalue weighted by atomic mass is 32.1. The molecule has 1 rings (SSSR count). The zero-order valence-corrected chi connectivity index (χ0v) is 9.87. The van der Waals surface area contributed by atoms with Gasteiger partial charge in [-0.2, -0.15) is 8.75 Å². The summed E-state index contributed by atoms with van der Waals surface area (Å²) in [5.74, 6) is -1.56. The number of hydrogen-bond donors (Lipinski definition) is 2. The molecule has 0 radical (unpaired) electrons. The molecular formula is C9H13N3O3S. The lowest BCUT2D eigenvalue weighted by molar-refractivity contribution is -0.144. The fourth-order valence-electron chi connectivity index (χ4n) is 1.30. The predicted octanol–water partition coefficient (Wildman–Crippen LogP) is 0.911. The molecule has 0 aliphatic heterocycles. The van der Waals surface area contributed by atoms with Crippen LogP contribution in [-0.4, -0.2) is 31.3 Å². The number of rotatable bonds is 5. The van der Waals surface area contributed by atoms with Gasteiger partial charge in [0.05, 0.1) is 17.9 Å². The number of nitrogens with zero attached hydrogens (tertiary/aromatic N) is 2. The predicted molar refractivity (Wildman–Crippen MR) is 58.3 cm³/mol. The van der Waals surface area contributed by atoms with E-state index in [0.717, 1.165) is 11.7 Å². The third kappa shape index (κ3) is 2.75. The van der Waals surface area contributed by atoms with Crippen molar-refractivity contribution in [3.05, 3.63) is 11.9 Å². The molecule has 7 heteroatoms. The number of nitrogens with one attached hydrogen (secondary N) is 1. The average Bonchev–Trinajstić information content (AvgIpc) is 2.70. The van der Waals surface area contributed by atoms with Gasteiger partial charge in [0, 0.05) is 0 Å². The zero-order valence-electron chi connectivity index (χ0n) is 9.06. The molecule has 0 saturated heterocycles. The molecule has 1 heterocycles. The van der Waals surface area contributed by atoms with Crippen LogP contribution in [0.15, 0.2) is 6.20 Å². The van der Waals surface area contributed by atoms with Gasteiger partial charge in [-0.1, -0.05) is 13.3 Å². The van der Waals surface area contributed by atoms with Crippen molar-refractivity contribution in [2.45, 2.75) is 32.2 Å². The second kappa shape index (κ2) is 5.02. The molecule has 16 heavy (non-hydrogen) atoms. The van der Waals surface area contributed by atoms with Crippen LogP contribution in [-0.2, 0) is 4.79 Å². The molecule has 88 valence electrons. The minimum atomic E-state index is -1.25. The number of carbonyl (C=O) groups excluding carboxylic acids is 1. The molecule has 1 amide bonds. The van der Waals surface area contributed by atoms with E-state index in [1.54, 1.807) is 0 Å². The van der Waals surface area contributed by atoms with Crippen molar-refractivity contribution in [3.8, 4) is 0 Å². The largest absolute Gasteiger partial charge is 0.480 e. The zero-order chi connectivity index (χ0) is 12.2. The maximum atomic E-state index is 11.6. The molecule has 1 atom stereocenters. The first-order valence-corrected chi connectivity index (χ1v) is 5.56. The quantitative estimate of drug-likeness (QED) is 0.802. The van der Waals surface area contributed by atoms with Crippen LogP contribution >= 0.6 is 11.7 Å². The number of hydrogen-bond acceptors (Lipinski definition) is 5. The minimum Gasteiger partial charge on any atom is -0.480 e. The molecule has 0 fully saturated rings. The highest BCUT2D eigenvalue weighted by Gasteiger charge is 2.34. The standard InChI is InChI=1S/C9H13N3O3S/c1-3-4-9(2,8(14)15)11-7(13)6-5-10-16-12-6/h5H,3-4H2,1-2H3,(H,11,13)(H,14,15). The average molecular weight is 243 g/mol. The number of carboxylic acid groups (broad SMARTS) is 1. The monoisotopic (exact) mass is 243 g/mol. The van der Waals surface area contributed by atoms with E-state index in [1.165, 1.54) is 13.1 Å². The summed E-state index contributed by atoms with van der Waals surface area (Å²) in [6.07, 6.45) is 2.35. The fraction of sp³-hybridized carbons (Fsp3) is 0.556. The second-order valence-electron chi connectivity index (χ2n) is 3.63. The summed E-state index contributed by atoms with van der Waals surface area (Å²) < 4.78 is 7.43. The number of aliphatic carboxylic acids is 1. The van der Waals surface area contributed by atoms with Gasteiger partial charge in [0.25, 0.3) is 5.91 Å². The Bertz CT molecular complexity index is 379. The van der Waals surface area contributed by atoms with Gasteiger partial charge in [0.2, 0.25) is 0 Å². The summed E-state index contributed by atoms with van der Waals surface area (Å²) in [7, 11) is 0.